The molecule has 0 aliphatic heterocycles. The van der Waals surface area contributed by atoms with Crippen LogP contribution in [0.4, 0.5) is 0 Å². The summed E-state index contributed by atoms with van der Waals surface area (Å²) in [6, 6.07) is 0. The van der Waals surface area contributed by atoms with Gasteiger partial charge < -0.3 is 14.4 Å². The Balaban J connectivity index is 2.03. The van der Waals surface area contributed by atoms with Gasteiger partial charge in [0.05, 0.1) is 6.61 Å². The molecule has 0 radical (unpaired) electrons. The van der Waals surface area contributed by atoms with Crippen molar-refractivity contribution in [1.82, 2.24) is 14.8 Å². The van der Waals surface area contributed by atoms with Gasteiger partial charge in [-0.25, -0.2) is 0 Å². The Hall–Kier alpha value is -0.940. The zero-order valence-electron chi connectivity index (χ0n) is 11.1. The number of hydrogen-bond donors (Lipinski definition) is 1. The van der Waals surface area contributed by atoms with Gasteiger partial charge in [0.25, 0.3) is 0 Å². The van der Waals surface area contributed by atoms with Gasteiger partial charge in [0.1, 0.15) is 12.4 Å². The fraction of sp³-hybridized carbons (Fsp3) is 0.846. The fourth-order valence-corrected chi connectivity index (χ4v) is 2.73. The average Bonchev–Trinajstić information content (AvgIpc) is 2.79. The Labute approximate surface area is 108 Å². The molecule has 0 bridgehead atoms. The van der Waals surface area contributed by atoms with E-state index in [1.54, 1.807) is 7.11 Å². The van der Waals surface area contributed by atoms with Crippen LogP contribution < -0.4 is 0 Å². The zero-order chi connectivity index (χ0) is 12.8. The standard InChI is InChI=1S/C13H23N3O2/c1-18-8-7-16-12(14-15-13(16)10-17)9-11-5-3-2-4-6-11/h11,17H,2-10H2,1H3. The molecule has 1 aliphatic carbocycles. The van der Waals surface area contributed by atoms with E-state index in [9.17, 15) is 5.11 Å². The van der Waals surface area contributed by atoms with E-state index in [0.717, 1.165) is 24.7 Å². The third-order valence-corrected chi connectivity index (χ3v) is 3.76. The molecule has 0 spiro atoms. The number of hydrogen-bond acceptors (Lipinski definition) is 4. The van der Waals surface area contributed by atoms with Crippen molar-refractivity contribution in [2.45, 2.75) is 51.7 Å². The van der Waals surface area contributed by atoms with Crippen molar-refractivity contribution >= 4 is 0 Å². The Morgan fingerprint density at radius 1 is 1.22 bits per heavy atom. The predicted molar refractivity (Wildman–Crippen MR) is 68.1 cm³/mol. The van der Waals surface area contributed by atoms with Crippen molar-refractivity contribution in [2.75, 3.05) is 13.7 Å². The van der Waals surface area contributed by atoms with Crippen molar-refractivity contribution in [1.29, 1.82) is 0 Å². The Morgan fingerprint density at radius 2 is 1.94 bits per heavy atom. The fourth-order valence-electron chi connectivity index (χ4n) is 2.73. The molecule has 2 rings (SSSR count). The highest BCUT2D eigenvalue weighted by molar-refractivity contribution is 4.97. The van der Waals surface area contributed by atoms with E-state index in [1.165, 1.54) is 32.1 Å². The summed E-state index contributed by atoms with van der Waals surface area (Å²) in [6.07, 6.45) is 7.62. The second-order valence-corrected chi connectivity index (χ2v) is 5.04. The number of ether oxygens (including phenoxy) is 1. The lowest BCUT2D eigenvalue weighted by Crippen LogP contribution is -2.16. The van der Waals surface area contributed by atoms with Crippen LogP contribution in [0.2, 0.25) is 0 Å². The van der Waals surface area contributed by atoms with Crippen molar-refractivity contribution in [3.05, 3.63) is 11.6 Å². The Kier molecular flexibility index (Phi) is 5.13. The SMILES string of the molecule is COCCn1c(CO)nnc1CC1CCCCC1. The molecular formula is C13H23N3O2. The Morgan fingerprint density at radius 3 is 2.61 bits per heavy atom. The first-order valence-electron chi connectivity index (χ1n) is 6.86. The van der Waals surface area contributed by atoms with E-state index >= 15 is 0 Å². The van der Waals surface area contributed by atoms with Crippen LogP contribution in [-0.2, 0) is 24.3 Å². The van der Waals surface area contributed by atoms with Crippen LogP contribution in [0.3, 0.4) is 0 Å². The van der Waals surface area contributed by atoms with Gasteiger partial charge in [-0.15, -0.1) is 10.2 Å². The van der Waals surface area contributed by atoms with Gasteiger partial charge in [0.2, 0.25) is 0 Å². The number of methoxy groups -OCH3 is 1. The molecule has 0 unspecified atom stereocenters. The lowest BCUT2D eigenvalue weighted by atomic mass is 9.87. The summed E-state index contributed by atoms with van der Waals surface area (Å²) in [6.45, 7) is 1.30. The van der Waals surface area contributed by atoms with Crippen LogP contribution in [0.5, 0.6) is 0 Å². The number of aliphatic hydroxyl groups excluding tert-OH is 1. The molecule has 1 aromatic heterocycles. The first kappa shape index (κ1) is 13.5. The summed E-state index contributed by atoms with van der Waals surface area (Å²) in [5.74, 6) is 2.39. The summed E-state index contributed by atoms with van der Waals surface area (Å²) in [4.78, 5) is 0. The van der Waals surface area contributed by atoms with Crippen molar-refractivity contribution in [3.63, 3.8) is 0 Å². The summed E-state index contributed by atoms with van der Waals surface area (Å²) >= 11 is 0. The lowest BCUT2D eigenvalue weighted by molar-refractivity contribution is 0.181. The molecule has 0 aromatic carbocycles. The maximum atomic E-state index is 9.27. The highest BCUT2D eigenvalue weighted by atomic mass is 16.5. The van der Waals surface area contributed by atoms with E-state index in [-0.39, 0.29) is 6.61 Å². The van der Waals surface area contributed by atoms with Crippen LogP contribution >= 0.6 is 0 Å². The van der Waals surface area contributed by atoms with E-state index in [1.807, 2.05) is 4.57 Å². The highest BCUT2D eigenvalue weighted by Gasteiger charge is 2.18. The summed E-state index contributed by atoms with van der Waals surface area (Å²) in [5.41, 5.74) is 0. The first-order valence-corrected chi connectivity index (χ1v) is 6.86. The van der Waals surface area contributed by atoms with Gasteiger partial charge in [-0.05, 0) is 5.92 Å². The molecule has 18 heavy (non-hydrogen) atoms. The molecule has 0 atom stereocenters. The molecule has 1 fully saturated rings. The minimum absolute atomic E-state index is 0.0542. The second-order valence-electron chi connectivity index (χ2n) is 5.04. The molecule has 1 N–H and O–H groups in total. The van der Waals surface area contributed by atoms with Gasteiger partial charge in [-0.3, -0.25) is 0 Å². The van der Waals surface area contributed by atoms with E-state index in [2.05, 4.69) is 10.2 Å². The molecule has 0 amide bonds. The summed E-state index contributed by atoms with van der Waals surface area (Å²) < 4.78 is 7.11. The maximum Gasteiger partial charge on any atom is 0.158 e. The van der Waals surface area contributed by atoms with E-state index in [0.29, 0.717) is 12.4 Å². The molecule has 1 aromatic rings. The Bertz CT molecular complexity index is 359. The third-order valence-electron chi connectivity index (χ3n) is 3.76. The molecule has 0 saturated heterocycles. The normalized spacial score (nSPS) is 17.2. The molecule has 5 heteroatoms. The van der Waals surface area contributed by atoms with Crippen molar-refractivity contribution in [3.8, 4) is 0 Å². The molecular weight excluding hydrogens is 230 g/mol. The van der Waals surface area contributed by atoms with E-state index in [4.69, 9.17) is 4.74 Å². The monoisotopic (exact) mass is 253 g/mol. The maximum absolute atomic E-state index is 9.27. The van der Waals surface area contributed by atoms with Crippen molar-refractivity contribution < 1.29 is 9.84 Å². The molecule has 102 valence electrons. The number of rotatable bonds is 6. The molecule has 1 aliphatic rings. The third kappa shape index (κ3) is 3.29. The highest BCUT2D eigenvalue weighted by Crippen LogP contribution is 2.26. The first-order chi connectivity index (χ1) is 8.85. The van der Waals surface area contributed by atoms with Gasteiger partial charge in [-0.2, -0.15) is 0 Å². The summed E-state index contributed by atoms with van der Waals surface area (Å²) in [7, 11) is 1.68. The second kappa shape index (κ2) is 6.85. The zero-order valence-corrected chi connectivity index (χ0v) is 11.1. The van der Waals surface area contributed by atoms with Crippen LogP contribution in [0.1, 0.15) is 43.8 Å². The van der Waals surface area contributed by atoms with Gasteiger partial charge in [0.15, 0.2) is 5.82 Å². The van der Waals surface area contributed by atoms with Gasteiger partial charge in [-0.1, -0.05) is 32.1 Å². The minimum atomic E-state index is -0.0542. The largest absolute Gasteiger partial charge is 0.388 e. The number of nitrogens with zero attached hydrogens (tertiary/aromatic N) is 3. The average molecular weight is 253 g/mol. The van der Waals surface area contributed by atoms with Crippen molar-refractivity contribution in [2.24, 2.45) is 5.92 Å². The molecule has 1 saturated carbocycles. The predicted octanol–water partition coefficient (Wildman–Crippen LogP) is 1.54. The molecule has 1 heterocycles. The minimum Gasteiger partial charge on any atom is -0.388 e. The van der Waals surface area contributed by atoms with Gasteiger partial charge in [0, 0.05) is 20.1 Å². The topological polar surface area (TPSA) is 60.2 Å². The number of aromatic nitrogens is 3. The van der Waals surface area contributed by atoms with Crippen LogP contribution in [0, 0.1) is 5.92 Å². The quantitative estimate of drug-likeness (QED) is 0.835. The lowest BCUT2D eigenvalue weighted by Gasteiger charge is -2.21. The van der Waals surface area contributed by atoms with E-state index < -0.39 is 0 Å². The van der Waals surface area contributed by atoms with Gasteiger partial charge >= 0.3 is 0 Å². The smallest absolute Gasteiger partial charge is 0.158 e. The van der Waals surface area contributed by atoms with Crippen LogP contribution in [-0.4, -0.2) is 33.6 Å². The number of aliphatic hydroxyl groups is 1. The summed E-state index contributed by atoms with van der Waals surface area (Å²) in [5, 5.41) is 17.6. The van der Waals surface area contributed by atoms with Crippen LogP contribution in [0.25, 0.3) is 0 Å². The van der Waals surface area contributed by atoms with Crippen LogP contribution in [0.15, 0.2) is 0 Å². The molecule has 5 nitrogen and oxygen atoms in total.